The average Bonchev–Trinajstić information content (AvgIpc) is 2.33. The van der Waals surface area contributed by atoms with Gasteiger partial charge in [-0.25, -0.2) is 4.98 Å². The van der Waals surface area contributed by atoms with Crippen molar-refractivity contribution in [3.63, 3.8) is 0 Å². The Morgan fingerprint density at radius 1 is 1.47 bits per heavy atom. The van der Waals surface area contributed by atoms with Crippen LogP contribution < -0.4 is 10.6 Å². The van der Waals surface area contributed by atoms with Crippen molar-refractivity contribution in [2.75, 3.05) is 31.7 Å². The molecule has 1 heterocycles. The summed E-state index contributed by atoms with van der Waals surface area (Å²) < 4.78 is 4.93. The Bertz CT molecular complexity index is 476. The van der Waals surface area contributed by atoms with Gasteiger partial charge >= 0.3 is 5.97 Å². The van der Waals surface area contributed by atoms with E-state index in [-0.39, 0.29) is 6.54 Å². The molecule has 0 saturated carbocycles. The second kappa shape index (κ2) is 6.69. The highest BCUT2D eigenvalue weighted by molar-refractivity contribution is 5.93. The first-order valence-electron chi connectivity index (χ1n) is 5.68. The number of aliphatic carboxylic acids is 1. The van der Waals surface area contributed by atoms with Crippen molar-refractivity contribution in [2.24, 2.45) is 5.73 Å². The molecule has 0 aliphatic heterocycles. The van der Waals surface area contributed by atoms with Crippen LogP contribution in [0.25, 0.3) is 0 Å². The van der Waals surface area contributed by atoms with Crippen molar-refractivity contribution >= 4 is 17.7 Å². The second-order valence-corrected chi connectivity index (χ2v) is 4.03. The minimum Gasteiger partial charge on any atom is -0.480 e. The van der Waals surface area contributed by atoms with E-state index in [1.54, 1.807) is 13.0 Å². The minimum absolute atomic E-state index is 0.224. The molecule has 3 N–H and O–H groups in total. The number of methoxy groups -OCH3 is 1. The number of carboxylic acid groups (broad SMARTS) is 1. The molecule has 1 aromatic rings. The summed E-state index contributed by atoms with van der Waals surface area (Å²) in [6, 6.07) is 3.04. The number of hydrogen-bond acceptors (Lipinski definition) is 5. The van der Waals surface area contributed by atoms with E-state index < -0.39 is 11.9 Å². The van der Waals surface area contributed by atoms with Crippen molar-refractivity contribution in [1.82, 2.24) is 4.98 Å². The third-order valence-corrected chi connectivity index (χ3v) is 2.44. The van der Waals surface area contributed by atoms with Crippen LogP contribution in [0.5, 0.6) is 0 Å². The molecule has 0 bridgehead atoms. The maximum Gasteiger partial charge on any atom is 0.323 e. The molecule has 0 aliphatic rings. The van der Waals surface area contributed by atoms with Crippen LogP contribution in [0.4, 0.5) is 5.82 Å². The molecule has 0 fully saturated rings. The fourth-order valence-electron chi connectivity index (χ4n) is 1.59. The number of anilines is 1. The average molecular weight is 267 g/mol. The number of carbonyl (C=O) groups excluding carboxylic acids is 1. The van der Waals surface area contributed by atoms with Gasteiger partial charge in [-0.15, -0.1) is 0 Å². The van der Waals surface area contributed by atoms with Crippen molar-refractivity contribution in [1.29, 1.82) is 0 Å². The number of carboxylic acids is 1. The maximum absolute atomic E-state index is 11.2. The van der Waals surface area contributed by atoms with Crippen molar-refractivity contribution in [3.05, 3.63) is 23.4 Å². The zero-order valence-corrected chi connectivity index (χ0v) is 10.9. The summed E-state index contributed by atoms with van der Waals surface area (Å²) in [5.41, 5.74) is 6.12. The molecule has 1 amide bonds. The monoisotopic (exact) mass is 267 g/mol. The summed E-state index contributed by atoms with van der Waals surface area (Å²) in [5.74, 6) is -1.16. The van der Waals surface area contributed by atoms with E-state index in [0.717, 1.165) is 0 Å². The molecule has 1 rings (SSSR count). The molecular formula is C12H17N3O4. The quantitative estimate of drug-likeness (QED) is 0.721. The summed E-state index contributed by atoms with van der Waals surface area (Å²) in [6.07, 6.45) is 0. The Kier molecular flexibility index (Phi) is 5.25. The second-order valence-electron chi connectivity index (χ2n) is 4.03. The number of aromatic nitrogens is 1. The van der Waals surface area contributed by atoms with E-state index in [1.807, 2.05) is 0 Å². The molecule has 1 aromatic heterocycles. The van der Waals surface area contributed by atoms with E-state index in [4.69, 9.17) is 15.6 Å². The summed E-state index contributed by atoms with van der Waals surface area (Å²) in [5, 5.41) is 8.89. The first-order chi connectivity index (χ1) is 8.93. The lowest BCUT2D eigenvalue weighted by Gasteiger charge is -2.22. The third-order valence-electron chi connectivity index (χ3n) is 2.44. The first-order valence-corrected chi connectivity index (χ1v) is 5.68. The maximum atomic E-state index is 11.2. The predicted molar refractivity (Wildman–Crippen MR) is 69.2 cm³/mol. The molecule has 7 nitrogen and oxygen atoms in total. The molecule has 104 valence electrons. The van der Waals surface area contributed by atoms with Gasteiger partial charge in [0.15, 0.2) is 0 Å². The van der Waals surface area contributed by atoms with Crippen LogP contribution in [-0.4, -0.2) is 48.8 Å². The number of ether oxygens (including phenoxy) is 1. The third kappa shape index (κ3) is 4.55. The lowest BCUT2D eigenvalue weighted by molar-refractivity contribution is -0.135. The van der Waals surface area contributed by atoms with E-state index in [1.165, 1.54) is 18.1 Å². The van der Waals surface area contributed by atoms with Gasteiger partial charge < -0.3 is 20.5 Å². The lowest BCUT2D eigenvalue weighted by Crippen LogP contribution is -2.33. The number of nitrogens with zero attached hydrogens (tertiary/aromatic N) is 2. The van der Waals surface area contributed by atoms with E-state index in [9.17, 15) is 9.59 Å². The van der Waals surface area contributed by atoms with Gasteiger partial charge in [-0.3, -0.25) is 9.59 Å². The number of pyridine rings is 1. The number of rotatable bonds is 7. The molecule has 0 aromatic carbocycles. The van der Waals surface area contributed by atoms with E-state index in [2.05, 4.69) is 4.98 Å². The van der Waals surface area contributed by atoms with Crippen LogP contribution in [0.15, 0.2) is 12.1 Å². The van der Waals surface area contributed by atoms with Gasteiger partial charge in [0, 0.05) is 24.9 Å². The first kappa shape index (κ1) is 14.9. The Morgan fingerprint density at radius 3 is 2.68 bits per heavy atom. The number of amides is 1. The molecule has 0 aliphatic carbocycles. The predicted octanol–water partition coefficient (Wildman–Crippen LogP) is 0.0263. The number of hydrogen-bond donors (Lipinski definition) is 2. The Labute approximate surface area is 111 Å². The fraction of sp³-hybridized carbons (Fsp3) is 0.417. The van der Waals surface area contributed by atoms with Crippen LogP contribution in [0.1, 0.15) is 16.1 Å². The van der Waals surface area contributed by atoms with Gasteiger partial charge in [-0.2, -0.15) is 0 Å². The van der Waals surface area contributed by atoms with Gasteiger partial charge in [0.1, 0.15) is 12.4 Å². The molecular weight excluding hydrogens is 250 g/mol. The van der Waals surface area contributed by atoms with Crippen LogP contribution in [0.3, 0.4) is 0 Å². The number of nitrogens with two attached hydrogens (primary N) is 1. The van der Waals surface area contributed by atoms with Crippen LogP contribution in [-0.2, 0) is 9.53 Å². The summed E-state index contributed by atoms with van der Waals surface area (Å²) >= 11 is 0. The largest absolute Gasteiger partial charge is 0.480 e. The van der Waals surface area contributed by atoms with Crippen LogP contribution >= 0.6 is 0 Å². The summed E-state index contributed by atoms with van der Waals surface area (Å²) in [7, 11) is 1.53. The lowest BCUT2D eigenvalue weighted by atomic mass is 10.2. The SMILES string of the molecule is COCCN(CC(=O)O)c1cc(C(N)=O)cc(C)n1. The van der Waals surface area contributed by atoms with E-state index in [0.29, 0.717) is 30.2 Å². The van der Waals surface area contributed by atoms with Crippen LogP contribution in [0, 0.1) is 6.92 Å². The van der Waals surface area contributed by atoms with Crippen molar-refractivity contribution in [3.8, 4) is 0 Å². The van der Waals surface area contributed by atoms with E-state index >= 15 is 0 Å². The zero-order chi connectivity index (χ0) is 14.4. The smallest absolute Gasteiger partial charge is 0.323 e. The van der Waals surface area contributed by atoms with Gasteiger partial charge in [0.05, 0.1) is 6.61 Å². The fourth-order valence-corrected chi connectivity index (χ4v) is 1.59. The van der Waals surface area contributed by atoms with Crippen molar-refractivity contribution in [2.45, 2.75) is 6.92 Å². The number of primary amides is 1. The minimum atomic E-state index is -0.986. The van der Waals surface area contributed by atoms with Crippen molar-refractivity contribution < 1.29 is 19.4 Å². The molecule has 0 spiro atoms. The van der Waals surface area contributed by atoms with Crippen LogP contribution in [0.2, 0.25) is 0 Å². The zero-order valence-electron chi connectivity index (χ0n) is 10.9. The van der Waals surface area contributed by atoms with Gasteiger partial charge in [-0.05, 0) is 19.1 Å². The molecule has 7 heteroatoms. The highest BCUT2D eigenvalue weighted by Gasteiger charge is 2.14. The standard InChI is InChI=1S/C12H17N3O4/c1-8-5-9(12(13)18)6-10(14-8)15(3-4-19-2)7-11(16)17/h5-6H,3-4,7H2,1-2H3,(H2,13,18)(H,16,17). The Hall–Kier alpha value is -2.15. The summed E-state index contributed by atoms with van der Waals surface area (Å²) in [4.78, 5) is 27.8. The highest BCUT2D eigenvalue weighted by Crippen LogP contribution is 2.14. The topological polar surface area (TPSA) is 106 Å². The molecule has 19 heavy (non-hydrogen) atoms. The van der Waals surface area contributed by atoms with Gasteiger partial charge in [-0.1, -0.05) is 0 Å². The Balaban J connectivity index is 3.05. The number of aryl methyl sites for hydroxylation is 1. The van der Waals surface area contributed by atoms with Gasteiger partial charge in [0.2, 0.25) is 5.91 Å². The molecule has 0 unspecified atom stereocenters. The molecule has 0 saturated heterocycles. The molecule has 0 radical (unpaired) electrons. The molecule has 0 atom stereocenters. The highest BCUT2D eigenvalue weighted by atomic mass is 16.5. The Morgan fingerprint density at radius 2 is 2.16 bits per heavy atom. The number of carbonyl (C=O) groups is 2. The normalized spacial score (nSPS) is 10.2. The van der Waals surface area contributed by atoms with Gasteiger partial charge in [0.25, 0.3) is 0 Å². The summed E-state index contributed by atoms with van der Waals surface area (Å²) in [6.45, 7) is 2.20.